The van der Waals surface area contributed by atoms with Gasteiger partial charge in [-0.05, 0) is 42.6 Å². The molecule has 0 saturated carbocycles. The van der Waals surface area contributed by atoms with Crippen molar-refractivity contribution in [2.24, 2.45) is 0 Å². The zero-order valence-corrected chi connectivity index (χ0v) is 13.2. The van der Waals surface area contributed by atoms with Crippen LogP contribution in [0.1, 0.15) is 24.5 Å². The van der Waals surface area contributed by atoms with E-state index in [-0.39, 0.29) is 0 Å². The molecule has 2 aromatic carbocycles. The highest BCUT2D eigenvalue weighted by Gasteiger charge is 2.03. The van der Waals surface area contributed by atoms with Gasteiger partial charge in [0.05, 0.1) is 11.6 Å². The van der Waals surface area contributed by atoms with Gasteiger partial charge in [0.2, 0.25) is 0 Å². The monoisotopic (exact) mass is 303 g/mol. The molecule has 3 heteroatoms. The number of hydrogen-bond acceptors (Lipinski definition) is 2. The van der Waals surface area contributed by atoms with Gasteiger partial charge < -0.3 is 10.1 Å². The predicted molar refractivity (Wildman–Crippen MR) is 89.1 cm³/mol. The maximum absolute atomic E-state index is 6.25. The van der Waals surface area contributed by atoms with Gasteiger partial charge in [0.25, 0.3) is 0 Å². The van der Waals surface area contributed by atoms with E-state index in [1.807, 2.05) is 18.2 Å². The summed E-state index contributed by atoms with van der Waals surface area (Å²) in [6.45, 7) is 4.56. The third-order valence-corrected chi connectivity index (χ3v) is 3.58. The molecule has 0 atom stereocenters. The second-order valence-electron chi connectivity index (χ2n) is 4.98. The molecule has 0 spiro atoms. The Morgan fingerprint density at radius 3 is 2.57 bits per heavy atom. The average molecular weight is 304 g/mol. The molecular formula is C18H22ClNO. The average Bonchev–Trinajstić information content (AvgIpc) is 2.52. The van der Waals surface area contributed by atoms with E-state index < -0.39 is 0 Å². The number of ether oxygens (including phenoxy) is 1. The Kier molecular flexibility index (Phi) is 6.58. The highest BCUT2D eigenvalue weighted by atomic mass is 35.5. The van der Waals surface area contributed by atoms with Crippen LogP contribution in [0.4, 0.5) is 0 Å². The molecule has 0 aliphatic rings. The molecule has 0 heterocycles. The van der Waals surface area contributed by atoms with Gasteiger partial charge in [0, 0.05) is 6.54 Å². The van der Waals surface area contributed by atoms with Gasteiger partial charge in [0.15, 0.2) is 0 Å². The van der Waals surface area contributed by atoms with Crippen LogP contribution in [-0.2, 0) is 13.0 Å². The van der Waals surface area contributed by atoms with E-state index in [4.69, 9.17) is 16.3 Å². The minimum Gasteiger partial charge on any atom is -0.492 e. The van der Waals surface area contributed by atoms with Crippen molar-refractivity contribution in [3.8, 4) is 5.75 Å². The van der Waals surface area contributed by atoms with Crippen molar-refractivity contribution in [2.75, 3.05) is 13.2 Å². The van der Waals surface area contributed by atoms with Crippen molar-refractivity contribution in [3.05, 3.63) is 64.7 Å². The summed E-state index contributed by atoms with van der Waals surface area (Å²) in [6.07, 6.45) is 2.01. The van der Waals surface area contributed by atoms with Crippen LogP contribution < -0.4 is 10.1 Å². The van der Waals surface area contributed by atoms with E-state index in [1.54, 1.807) is 0 Å². The summed E-state index contributed by atoms with van der Waals surface area (Å²) in [7, 11) is 0. The largest absolute Gasteiger partial charge is 0.492 e. The Balaban J connectivity index is 1.78. The quantitative estimate of drug-likeness (QED) is 0.727. The summed E-state index contributed by atoms with van der Waals surface area (Å²) < 4.78 is 5.77. The molecule has 0 saturated heterocycles. The van der Waals surface area contributed by atoms with Crippen molar-refractivity contribution in [1.29, 1.82) is 0 Å². The Morgan fingerprint density at radius 1 is 1.05 bits per heavy atom. The first-order valence-electron chi connectivity index (χ1n) is 7.45. The second-order valence-corrected chi connectivity index (χ2v) is 5.39. The molecule has 0 fully saturated rings. The van der Waals surface area contributed by atoms with Crippen LogP contribution in [0.25, 0.3) is 0 Å². The maximum atomic E-state index is 6.25. The van der Waals surface area contributed by atoms with E-state index >= 15 is 0 Å². The molecule has 2 rings (SSSR count). The summed E-state index contributed by atoms with van der Waals surface area (Å²) in [5.41, 5.74) is 2.52. The lowest BCUT2D eigenvalue weighted by molar-refractivity contribution is 0.311. The first-order valence-corrected chi connectivity index (χ1v) is 7.83. The van der Waals surface area contributed by atoms with Crippen LogP contribution in [0.2, 0.25) is 5.02 Å². The number of benzene rings is 2. The normalized spacial score (nSPS) is 10.6. The lowest BCUT2D eigenvalue weighted by Crippen LogP contribution is -2.11. The SMILES string of the molecule is CCNCc1ccc(OCCCc2ccccc2)c(Cl)c1. The van der Waals surface area contributed by atoms with E-state index in [0.29, 0.717) is 11.6 Å². The van der Waals surface area contributed by atoms with Crippen LogP contribution >= 0.6 is 11.6 Å². The third kappa shape index (κ3) is 5.41. The fraction of sp³-hybridized carbons (Fsp3) is 0.333. The highest BCUT2D eigenvalue weighted by Crippen LogP contribution is 2.25. The van der Waals surface area contributed by atoms with Crippen molar-refractivity contribution in [1.82, 2.24) is 5.32 Å². The van der Waals surface area contributed by atoms with Crippen molar-refractivity contribution < 1.29 is 4.74 Å². The first-order chi connectivity index (χ1) is 10.3. The first kappa shape index (κ1) is 15.9. The molecule has 0 aliphatic heterocycles. The van der Waals surface area contributed by atoms with E-state index in [9.17, 15) is 0 Å². The lowest BCUT2D eigenvalue weighted by Gasteiger charge is -2.10. The van der Waals surface area contributed by atoms with Crippen molar-refractivity contribution in [3.63, 3.8) is 0 Å². The molecule has 0 unspecified atom stereocenters. The van der Waals surface area contributed by atoms with Gasteiger partial charge in [-0.3, -0.25) is 0 Å². The van der Waals surface area contributed by atoms with Gasteiger partial charge >= 0.3 is 0 Å². The molecule has 0 amide bonds. The maximum Gasteiger partial charge on any atom is 0.137 e. The number of halogens is 1. The Labute approximate surface area is 132 Å². The summed E-state index contributed by atoms with van der Waals surface area (Å²) in [4.78, 5) is 0. The smallest absolute Gasteiger partial charge is 0.137 e. The molecular weight excluding hydrogens is 282 g/mol. The van der Waals surface area contributed by atoms with Crippen LogP contribution in [0.3, 0.4) is 0 Å². The summed E-state index contributed by atoms with van der Waals surface area (Å²) in [6, 6.07) is 16.4. The Morgan fingerprint density at radius 2 is 1.86 bits per heavy atom. The number of aryl methyl sites for hydroxylation is 1. The zero-order valence-electron chi connectivity index (χ0n) is 12.4. The fourth-order valence-electron chi connectivity index (χ4n) is 2.14. The predicted octanol–water partition coefficient (Wildman–Crippen LogP) is 4.46. The van der Waals surface area contributed by atoms with E-state index in [0.717, 1.165) is 31.7 Å². The van der Waals surface area contributed by atoms with Crippen molar-refractivity contribution in [2.45, 2.75) is 26.3 Å². The molecule has 2 nitrogen and oxygen atoms in total. The highest BCUT2D eigenvalue weighted by molar-refractivity contribution is 6.32. The number of hydrogen-bond donors (Lipinski definition) is 1. The number of rotatable bonds is 8. The van der Waals surface area contributed by atoms with Crippen LogP contribution in [0, 0.1) is 0 Å². The van der Waals surface area contributed by atoms with Gasteiger partial charge in [-0.15, -0.1) is 0 Å². The number of nitrogens with one attached hydrogen (secondary N) is 1. The van der Waals surface area contributed by atoms with Crippen molar-refractivity contribution >= 4 is 11.6 Å². The molecule has 0 aliphatic carbocycles. The minimum absolute atomic E-state index is 0.682. The summed E-state index contributed by atoms with van der Waals surface area (Å²) >= 11 is 6.25. The topological polar surface area (TPSA) is 21.3 Å². The van der Waals surface area contributed by atoms with Gasteiger partial charge in [-0.1, -0.05) is 54.9 Å². The van der Waals surface area contributed by atoms with Gasteiger partial charge in [-0.2, -0.15) is 0 Å². The van der Waals surface area contributed by atoms with Gasteiger partial charge in [-0.25, -0.2) is 0 Å². The van der Waals surface area contributed by atoms with E-state index in [1.165, 1.54) is 11.1 Å². The molecule has 1 N–H and O–H groups in total. The minimum atomic E-state index is 0.682. The molecule has 0 radical (unpaired) electrons. The molecule has 2 aromatic rings. The molecule has 21 heavy (non-hydrogen) atoms. The van der Waals surface area contributed by atoms with Crippen LogP contribution in [0.15, 0.2) is 48.5 Å². The van der Waals surface area contributed by atoms with Gasteiger partial charge in [0.1, 0.15) is 5.75 Å². The summed E-state index contributed by atoms with van der Waals surface area (Å²) in [5.74, 6) is 0.768. The Bertz CT molecular complexity index is 542. The van der Waals surface area contributed by atoms with Crippen LogP contribution in [-0.4, -0.2) is 13.2 Å². The fourth-order valence-corrected chi connectivity index (χ4v) is 2.40. The zero-order chi connectivity index (χ0) is 14.9. The molecule has 0 bridgehead atoms. The molecule has 0 aromatic heterocycles. The second kappa shape index (κ2) is 8.71. The Hall–Kier alpha value is -1.51. The summed E-state index contributed by atoms with van der Waals surface area (Å²) in [5, 5.41) is 3.97. The lowest BCUT2D eigenvalue weighted by atomic mass is 10.1. The standard InChI is InChI=1S/C18H22ClNO/c1-2-20-14-16-10-11-18(17(19)13-16)21-12-6-9-15-7-4-3-5-8-15/h3-5,7-8,10-11,13,20H,2,6,9,12,14H2,1H3. The molecule has 112 valence electrons. The van der Waals surface area contributed by atoms with Crippen LogP contribution in [0.5, 0.6) is 5.75 Å². The van der Waals surface area contributed by atoms with E-state index in [2.05, 4.69) is 42.6 Å². The third-order valence-electron chi connectivity index (χ3n) is 3.29.